The summed E-state index contributed by atoms with van der Waals surface area (Å²) in [4.78, 5) is 16.9. The highest BCUT2D eigenvalue weighted by molar-refractivity contribution is 6.05. The van der Waals surface area contributed by atoms with Crippen LogP contribution in [0.25, 0.3) is 10.9 Å². The van der Waals surface area contributed by atoms with E-state index in [0.717, 1.165) is 5.39 Å². The van der Waals surface area contributed by atoms with Gasteiger partial charge in [-0.25, -0.2) is 0 Å². The van der Waals surface area contributed by atoms with Gasteiger partial charge >= 0.3 is 0 Å². The van der Waals surface area contributed by atoms with Gasteiger partial charge in [-0.15, -0.1) is 0 Å². The molecule has 1 aromatic heterocycles. The molecule has 0 saturated heterocycles. The average Bonchev–Trinajstić information content (AvgIpc) is 2.42. The molecule has 0 aliphatic carbocycles. The summed E-state index contributed by atoms with van der Waals surface area (Å²) in [5.41, 5.74) is 0.223. The molecular formula is C17H22N2O2. The molecule has 0 unspecified atom stereocenters. The number of carbonyl (C=O) groups excluding carboxylic acids is 1. The molecule has 0 fully saturated rings. The van der Waals surface area contributed by atoms with Gasteiger partial charge < -0.3 is 10.4 Å². The van der Waals surface area contributed by atoms with Gasteiger partial charge in [-0.1, -0.05) is 32.0 Å². The molecule has 4 heteroatoms. The Morgan fingerprint density at radius 2 is 1.90 bits per heavy atom. The number of pyridine rings is 1. The van der Waals surface area contributed by atoms with Crippen LogP contribution in [0.3, 0.4) is 0 Å². The molecule has 4 nitrogen and oxygen atoms in total. The molecular weight excluding hydrogens is 264 g/mol. The van der Waals surface area contributed by atoms with Gasteiger partial charge in [0.25, 0.3) is 5.91 Å². The van der Waals surface area contributed by atoms with Crippen molar-refractivity contribution < 1.29 is 9.90 Å². The molecule has 2 rings (SSSR count). The zero-order chi connectivity index (χ0) is 15.6. The van der Waals surface area contributed by atoms with E-state index >= 15 is 0 Å². The number of carbonyl (C=O) groups is 1. The number of nitrogens with one attached hydrogen (secondary N) is 1. The van der Waals surface area contributed by atoms with Gasteiger partial charge in [0, 0.05) is 11.6 Å². The second kappa shape index (κ2) is 5.82. The Bertz CT molecular complexity index is 639. The maximum atomic E-state index is 12.6. The maximum absolute atomic E-state index is 12.6. The first-order valence-corrected chi connectivity index (χ1v) is 7.17. The number of benzene rings is 1. The largest absolute Gasteiger partial charge is 0.388 e. The van der Waals surface area contributed by atoms with Gasteiger partial charge in [0.2, 0.25) is 0 Å². The Balaban J connectivity index is 2.34. The lowest BCUT2D eigenvalue weighted by atomic mass is 9.89. The Labute approximate surface area is 125 Å². The van der Waals surface area contributed by atoms with Gasteiger partial charge in [-0.3, -0.25) is 9.78 Å². The maximum Gasteiger partial charge on any atom is 0.253 e. The SMILES string of the molecule is CC(C)[C@H](NC(=O)c1cccc2cccnc12)C(C)(C)O. The molecule has 0 aliphatic rings. The monoisotopic (exact) mass is 286 g/mol. The summed E-state index contributed by atoms with van der Waals surface area (Å²) in [5, 5.41) is 14.1. The number of aromatic nitrogens is 1. The van der Waals surface area contributed by atoms with E-state index in [4.69, 9.17) is 0 Å². The van der Waals surface area contributed by atoms with Crippen molar-refractivity contribution in [1.29, 1.82) is 0 Å². The molecule has 1 aromatic carbocycles. The minimum atomic E-state index is -0.984. The van der Waals surface area contributed by atoms with Crippen molar-refractivity contribution >= 4 is 16.8 Å². The zero-order valence-corrected chi connectivity index (χ0v) is 12.9. The number of fused-ring (bicyclic) bond motifs is 1. The normalized spacial score (nSPS) is 13.4. The van der Waals surface area contributed by atoms with Crippen molar-refractivity contribution in [2.24, 2.45) is 5.92 Å². The molecule has 1 heterocycles. The predicted molar refractivity (Wildman–Crippen MR) is 84.1 cm³/mol. The van der Waals surface area contributed by atoms with Crippen molar-refractivity contribution in [3.63, 3.8) is 0 Å². The number of aliphatic hydroxyl groups is 1. The van der Waals surface area contributed by atoms with Crippen LogP contribution >= 0.6 is 0 Å². The van der Waals surface area contributed by atoms with Gasteiger partial charge in [0.1, 0.15) is 0 Å². The number of hydrogen-bond acceptors (Lipinski definition) is 3. The van der Waals surface area contributed by atoms with Crippen LogP contribution in [0, 0.1) is 5.92 Å². The summed E-state index contributed by atoms with van der Waals surface area (Å²) in [6.45, 7) is 7.37. The predicted octanol–water partition coefficient (Wildman–Crippen LogP) is 2.76. The van der Waals surface area contributed by atoms with Crippen molar-refractivity contribution in [2.45, 2.75) is 39.3 Å². The highest BCUT2D eigenvalue weighted by Crippen LogP contribution is 2.20. The van der Waals surface area contributed by atoms with Crippen LogP contribution in [0.15, 0.2) is 36.5 Å². The van der Waals surface area contributed by atoms with Crippen LogP contribution < -0.4 is 5.32 Å². The molecule has 21 heavy (non-hydrogen) atoms. The Hall–Kier alpha value is -1.94. The van der Waals surface area contributed by atoms with Crippen molar-refractivity contribution in [1.82, 2.24) is 10.3 Å². The van der Waals surface area contributed by atoms with Gasteiger partial charge in [0.15, 0.2) is 0 Å². The fourth-order valence-electron chi connectivity index (χ4n) is 2.67. The quantitative estimate of drug-likeness (QED) is 0.908. The first kappa shape index (κ1) is 15.4. The second-order valence-electron chi connectivity index (χ2n) is 6.23. The zero-order valence-electron chi connectivity index (χ0n) is 12.9. The number of rotatable bonds is 4. The fourth-order valence-corrected chi connectivity index (χ4v) is 2.67. The lowest BCUT2D eigenvalue weighted by Gasteiger charge is -2.33. The fraction of sp³-hybridized carbons (Fsp3) is 0.412. The van der Waals surface area contributed by atoms with Crippen molar-refractivity contribution in [3.8, 4) is 0 Å². The minimum absolute atomic E-state index is 0.122. The summed E-state index contributed by atoms with van der Waals surface area (Å²) >= 11 is 0. The lowest BCUT2D eigenvalue weighted by Crippen LogP contribution is -2.52. The lowest BCUT2D eigenvalue weighted by molar-refractivity contribution is 0.0195. The minimum Gasteiger partial charge on any atom is -0.388 e. The summed E-state index contributed by atoms with van der Waals surface area (Å²) in [7, 11) is 0. The number of amides is 1. The number of nitrogens with zero attached hydrogens (tertiary/aromatic N) is 1. The van der Waals surface area contributed by atoms with Gasteiger partial charge in [-0.2, -0.15) is 0 Å². The molecule has 0 aliphatic heterocycles. The van der Waals surface area contributed by atoms with E-state index in [9.17, 15) is 9.90 Å². The first-order valence-electron chi connectivity index (χ1n) is 7.17. The van der Waals surface area contributed by atoms with E-state index in [1.165, 1.54) is 0 Å². The van der Waals surface area contributed by atoms with E-state index in [1.54, 1.807) is 26.1 Å². The number of para-hydroxylation sites is 1. The molecule has 0 bridgehead atoms. The molecule has 2 N–H and O–H groups in total. The smallest absolute Gasteiger partial charge is 0.253 e. The van der Waals surface area contributed by atoms with Crippen LogP contribution in [-0.2, 0) is 0 Å². The standard InChI is InChI=1S/C17H22N2O2/c1-11(2)15(17(3,4)21)19-16(20)13-9-5-7-12-8-6-10-18-14(12)13/h5-11,15,21H,1-4H3,(H,19,20)/t15-/m0/s1. The highest BCUT2D eigenvalue weighted by Gasteiger charge is 2.31. The van der Waals surface area contributed by atoms with E-state index in [0.29, 0.717) is 11.1 Å². The Morgan fingerprint density at radius 1 is 1.24 bits per heavy atom. The topological polar surface area (TPSA) is 62.2 Å². The average molecular weight is 286 g/mol. The molecule has 112 valence electrons. The highest BCUT2D eigenvalue weighted by atomic mass is 16.3. The van der Waals surface area contributed by atoms with Crippen LogP contribution in [0.2, 0.25) is 0 Å². The van der Waals surface area contributed by atoms with E-state index in [2.05, 4.69) is 10.3 Å². The third kappa shape index (κ3) is 3.39. The molecule has 0 radical (unpaired) electrons. The molecule has 1 amide bonds. The van der Waals surface area contributed by atoms with Crippen LogP contribution in [0.1, 0.15) is 38.1 Å². The van der Waals surface area contributed by atoms with E-state index < -0.39 is 5.60 Å². The summed E-state index contributed by atoms with van der Waals surface area (Å²) in [6.07, 6.45) is 1.68. The Morgan fingerprint density at radius 3 is 2.52 bits per heavy atom. The van der Waals surface area contributed by atoms with E-state index in [-0.39, 0.29) is 17.9 Å². The molecule has 0 spiro atoms. The van der Waals surface area contributed by atoms with E-state index in [1.807, 2.05) is 38.1 Å². The summed E-state index contributed by atoms with van der Waals surface area (Å²) in [5.74, 6) is -0.0861. The summed E-state index contributed by atoms with van der Waals surface area (Å²) in [6, 6.07) is 8.96. The van der Waals surface area contributed by atoms with Gasteiger partial charge in [-0.05, 0) is 31.9 Å². The van der Waals surface area contributed by atoms with Gasteiger partial charge in [0.05, 0.1) is 22.7 Å². The second-order valence-corrected chi connectivity index (χ2v) is 6.23. The van der Waals surface area contributed by atoms with Crippen molar-refractivity contribution in [3.05, 3.63) is 42.1 Å². The van der Waals surface area contributed by atoms with Crippen LogP contribution in [-0.4, -0.2) is 27.6 Å². The molecule has 0 saturated carbocycles. The first-order chi connectivity index (χ1) is 9.80. The molecule has 2 aromatic rings. The molecule has 1 atom stereocenters. The third-order valence-electron chi connectivity index (χ3n) is 3.59. The van der Waals surface area contributed by atoms with Crippen LogP contribution in [0.5, 0.6) is 0 Å². The summed E-state index contributed by atoms with van der Waals surface area (Å²) < 4.78 is 0. The van der Waals surface area contributed by atoms with Crippen molar-refractivity contribution in [2.75, 3.05) is 0 Å². The number of hydrogen-bond donors (Lipinski definition) is 2. The third-order valence-corrected chi connectivity index (χ3v) is 3.59. The Kier molecular flexibility index (Phi) is 4.28. The van der Waals surface area contributed by atoms with Crippen LogP contribution in [0.4, 0.5) is 0 Å².